The van der Waals surface area contributed by atoms with E-state index >= 15 is 0 Å². The summed E-state index contributed by atoms with van der Waals surface area (Å²) in [6, 6.07) is 16.8. The fourth-order valence-corrected chi connectivity index (χ4v) is 4.33. The van der Waals surface area contributed by atoms with Gasteiger partial charge in [0.2, 0.25) is 5.91 Å². The van der Waals surface area contributed by atoms with Crippen molar-refractivity contribution in [3.8, 4) is 5.75 Å². The predicted octanol–water partition coefficient (Wildman–Crippen LogP) is 3.14. The number of carbonyl (C=O) groups excluding carboxylic acids is 1. The van der Waals surface area contributed by atoms with Gasteiger partial charge in [-0.2, -0.15) is 0 Å². The molecule has 148 valence electrons. The zero-order chi connectivity index (χ0) is 19.2. The second-order valence-electron chi connectivity index (χ2n) is 8.08. The fraction of sp³-hybridized carbons (Fsp3) is 0.458. The van der Waals surface area contributed by atoms with E-state index in [1.807, 2.05) is 18.2 Å². The molecule has 0 saturated carbocycles. The van der Waals surface area contributed by atoms with Crippen molar-refractivity contribution in [3.63, 3.8) is 0 Å². The van der Waals surface area contributed by atoms with E-state index in [9.17, 15) is 4.79 Å². The van der Waals surface area contributed by atoms with Gasteiger partial charge in [0.25, 0.3) is 0 Å². The lowest BCUT2D eigenvalue weighted by atomic mass is 9.90. The highest BCUT2D eigenvalue weighted by molar-refractivity contribution is 5.79. The van der Waals surface area contributed by atoms with Gasteiger partial charge in [-0.05, 0) is 60.9 Å². The molecule has 1 fully saturated rings. The van der Waals surface area contributed by atoms with Crippen LogP contribution in [0.1, 0.15) is 29.5 Å². The first-order valence-corrected chi connectivity index (χ1v) is 10.5. The van der Waals surface area contributed by atoms with Gasteiger partial charge in [-0.3, -0.25) is 4.79 Å². The number of rotatable bonds is 7. The van der Waals surface area contributed by atoms with Crippen molar-refractivity contribution in [2.45, 2.75) is 32.1 Å². The van der Waals surface area contributed by atoms with Gasteiger partial charge in [-0.25, -0.2) is 0 Å². The summed E-state index contributed by atoms with van der Waals surface area (Å²) in [6.07, 6.45) is 5.38. The summed E-state index contributed by atoms with van der Waals surface area (Å²) in [4.78, 5) is 12.5. The zero-order valence-electron chi connectivity index (χ0n) is 16.5. The number of piperidine rings is 1. The smallest absolute Gasteiger partial charge is 0.224 e. The molecule has 0 radical (unpaired) electrons. The summed E-state index contributed by atoms with van der Waals surface area (Å²) in [5.74, 6) is 1.52. The quantitative estimate of drug-likeness (QED) is 0.778. The Bertz CT molecular complexity index is 790. The second-order valence-corrected chi connectivity index (χ2v) is 8.08. The highest BCUT2D eigenvalue weighted by Gasteiger charge is 2.27. The third kappa shape index (κ3) is 4.93. The summed E-state index contributed by atoms with van der Waals surface area (Å²) >= 11 is 0. The summed E-state index contributed by atoms with van der Waals surface area (Å²) in [7, 11) is 0. The van der Waals surface area contributed by atoms with Gasteiger partial charge in [0.1, 0.15) is 5.75 Å². The van der Waals surface area contributed by atoms with Crippen LogP contribution in [0.15, 0.2) is 48.5 Å². The highest BCUT2D eigenvalue weighted by Crippen LogP contribution is 2.27. The van der Waals surface area contributed by atoms with E-state index in [2.05, 4.69) is 41.0 Å². The van der Waals surface area contributed by atoms with Crippen molar-refractivity contribution in [1.29, 1.82) is 0 Å². The van der Waals surface area contributed by atoms with Gasteiger partial charge in [-0.1, -0.05) is 36.4 Å². The fourth-order valence-electron chi connectivity index (χ4n) is 4.33. The number of benzene rings is 2. The summed E-state index contributed by atoms with van der Waals surface area (Å²) in [6.45, 7) is 3.03. The van der Waals surface area contributed by atoms with E-state index < -0.39 is 0 Å². The molecule has 4 rings (SSSR count). The van der Waals surface area contributed by atoms with E-state index in [0.717, 1.165) is 31.7 Å². The first-order valence-electron chi connectivity index (χ1n) is 10.5. The number of fused-ring (bicyclic) bond motifs is 1. The lowest BCUT2D eigenvalue weighted by molar-refractivity contribution is -0.126. The van der Waals surface area contributed by atoms with Gasteiger partial charge in [0, 0.05) is 25.6 Å². The maximum atomic E-state index is 12.5. The molecule has 4 heteroatoms. The molecule has 0 unspecified atom stereocenters. The summed E-state index contributed by atoms with van der Waals surface area (Å²) < 4.78 is 6.07. The minimum atomic E-state index is 0.0261. The molecule has 2 aromatic carbocycles. The number of nitrogens with one attached hydrogen (secondary N) is 2. The number of aryl methyl sites for hydroxylation is 2. The normalized spacial score (nSPS) is 21.1. The van der Waals surface area contributed by atoms with Crippen LogP contribution in [-0.4, -0.2) is 32.1 Å². The molecule has 0 spiro atoms. The zero-order valence-corrected chi connectivity index (χ0v) is 16.5. The average Bonchev–Trinajstić information content (AvgIpc) is 3.21. The lowest BCUT2D eigenvalue weighted by Gasteiger charge is -2.29. The molecule has 0 aromatic heterocycles. The van der Waals surface area contributed by atoms with Crippen LogP contribution in [0, 0.1) is 11.8 Å². The van der Waals surface area contributed by atoms with Crippen LogP contribution in [0.2, 0.25) is 0 Å². The number of carbonyl (C=O) groups is 1. The van der Waals surface area contributed by atoms with E-state index in [1.54, 1.807) is 0 Å². The van der Waals surface area contributed by atoms with Crippen molar-refractivity contribution in [1.82, 2.24) is 10.6 Å². The van der Waals surface area contributed by atoms with Crippen molar-refractivity contribution in [3.05, 3.63) is 65.2 Å². The molecule has 2 N–H and O–H groups in total. The van der Waals surface area contributed by atoms with E-state index in [-0.39, 0.29) is 11.8 Å². The van der Waals surface area contributed by atoms with Crippen LogP contribution < -0.4 is 15.4 Å². The van der Waals surface area contributed by atoms with Crippen LogP contribution in [0.4, 0.5) is 0 Å². The van der Waals surface area contributed by atoms with Crippen LogP contribution in [0.5, 0.6) is 5.75 Å². The van der Waals surface area contributed by atoms with E-state index in [4.69, 9.17) is 4.74 Å². The van der Waals surface area contributed by atoms with Gasteiger partial charge in [0.15, 0.2) is 0 Å². The molecule has 1 heterocycles. The topological polar surface area (TPSA) is 50.4 Å². The molecular formula is C24H30N2O2. The Morgan fingerprint density at radius 1 is 1.07 bits per heavy atom. The van der Waals surface area contributed by atoms with Crippen LogP contribution >= 0.6 is 0 Å². The number of hydrogen-bond acceptors (Lipinski definition) is 3. The van der Waals surface area contributed by atoms with Crippen LogP contribution in [0.25, 0.3) is 0 Å². The number of ether oxygens (including phenoxy) is 1. The van der Waals surface area contributed by atoms with Crippen LogP contribution in [0.3, 0.4) is 0 Å². The third-order valence-electron chi connectivity index (χ3n) is 5.92. The van der Waals surface area contributed by atoms with E-state index in [1.165, 1.54) is 36.0 Å². The molecule has 0 bridgehead atoms. The van der Waals surface area contributed by atoms with Gasteiger partial charge < -0.3 is 15.4 Å². The molecule has 2 aliphatic rings. The minimum absolute atomic E-state index is 0.0261. The number of hydrogen-bond donors (Lipinski definition) is 2. The molecular weight excluding hydrogens is 348 g/mol. The Morgan fingerprint density at radius 2 is 1.93 bits per heavy atom. The van der Waals surface area contributed by atoms with Gasteiger partial charge in [-0.15, -0.1) is 0 Å². The van der Waals surface area contributed by atoms with Gasteiger partial charge >= 0.3 is 0 Å². The van der Waals surface area contributed by atoms with E-state index in [0.29, 0.717) is 19.1 Å². The lowest BCUT2D eigenvalue weighted by Crippen LogP contribution is -2.45. The third-order valence-corrected chi connectivity index (χ3v) is 5.92. The maximum absolute atomic E-state index is 12.5. The SMILES string of the molecule is O=C(NCCc1ccccc1)[C@H]1CNC[C@@H](COc2ccc3c(c2)CCC3)C1. The minimum Gasteiger partial charge on any atom is -0.493 e. The Balaban J connectivity index is 1.22. The Hall–Kier alpha value is -2.33. The molecule has 28 heavy (non-hydrogen) atoms. The van der Waals surface area contributed by atoms with Crippen molar-refractivity contribution < 1.29 is 9.53 Å². The van der Waals surface area contributed by atoms with Crippen molar-refractivity contribution in [2.75, 3.05) is 26.2 Å². The van der Waals surface area contributed by atoms with Crippen molar-refractivity contribution in [2.24, 2.45) is 11.8 Å². The first kappa shape index (κ1) is 19.0. The maximum Gasteiger partial charge on any atom is 0.224 e. The average molecular weight is 379 g/mol. The predicted molar refractivity (Wildman–Crippen MR) is 112 cm³/mol. The van der Waals surface area contributed by atoms with Crippen molar-refractivity contribution >= 4 is 5.91 Å². The molecule has 4 nitrogen and oxygen atoms in total. The molecule has 1 aliphatic carbocycles. The Morgan fingerprint density at radius 3 is 2.82 bits per heavy atom. The first-order chi connectivity index (χ1) is 13.8. The molecule has 1 aliphatic heterocycles. The highest BCUT2D eigenvalue weighted by atomic mass is 16.5. The molecule has 1 saturated heterocycles. The van der Waals surface area contributed by atoms with Gasteiger partial charge in [0.05, 0.1) is 12.5 Å². The second kappa shape index (κ2) is 9.24. The molecule has 1 amide bonds. The number of amides is 1. The largest absolute Gasteiger partial charge is 0.493 e. The standard InChI is InChI=1S/C24H30N2O2/c27-24(26-12-11-18-5-2-1-3-6-18)22-13-19(15-25-16-22)17-28-23-10-9-20-7-4-8-21(20)14-23/h1-3,5-6,9-10,14,19,22,25H,4,7-8,11-13,15-17H2,(H,26,27)/t19-,22+/m0/s1. The summed E-state index contributed by atoms with van der Waals surface area (Å²) in [5, 5.41) is 6.51. The Labute approximate surface area is 167 Å². The molecule has 2 aromatic rings. The monoisotopic (exact) mass is 378 g/mol. The van der Waals surface area contributed by atoms with Crippen LogP contribution in [-0.2, 0) is 24.1 Å². The summed E-state index contributed by atoms with van der Waals surface area (Å²) in [5.41, 5.74) is 4.17. The Kier molecular flexibility index (Phi) is 6.27. The molecule has 2 atom stereocenters.